The molecular weight excluding hydrogens is 486 g/mol. The molecule has 4 aromatic rings. The Bertz CT molecular complexity index is 1310. The van der Waals surface area contributed by atoms with Crippen molar-refractivity contribution in [1.82, 2.24) is 19.4 Å². The Morgan fingerprint density at radius 1 is 0.949 bits per heavy atom. The van der Waals surface area contributed by atoms with E-state index >= 15 is 0 Å². The van der Waals surface area contributed by atoms with Crippen LogP contribution in [-0.2, 0) is 22.5 Å². The second-order valence-electron chi connectivity index (χ2n) is 10.1. The Hall–Kier alpha value is -3.71. The van der Waals surface area contributed by atoms with E-state index in [1.54, 1.807) is 13.3 Å². The van der Waals surface area contributed by atoms with Gasteiger partial charge in [-0.25, -0.2) is 4.98 Å². The molecule has 0 bridgehead atoms. The lowest BCUT2D eigenvalue weighted by atomic mass is 10.0. The lowest BCUT2D eigenvalue weighted by molar-refractivity contribution is -0.132. The molecule has 206 valence electrons. The number of nitrogens with zero attached hydrogens (tertiary/aromatic N) is 4. The van der Waals surface area contributed by atoms with Gasteiger partial charge >= 0.3 is 0 Å². The first-order valence-electron chi connectivity index (χ1n) is 14.0. The molecule has 1 fully saturated rings. The van der Waals surface area contributed by atoms with Crippen molar-refractivity contribution in [2.45, 2.75) is 58.4 Å². The highest BCUT2D eigenvalue weighted by Gasteiger charge is 2.15. The fraction of sp³-hybridized carbons (Fsp3) is 0.406. The lowest BCUT2D eigenvalue weighted by Crippen LogP contribution is -2.35. The molecule has 0 aliphatic carbocycles. The molecule has 0 spiro atoms. The third-order valence-corrected chi connectivity index (χ3v) is 7.28. The summed E-state index contributed by atoms with van der Waals surface area (Å²) in [6.07, 6.45) is 12.9. The van der Waals surface area contributed by atoms with Crippen molar-refractivity contribution in [3.05, 3.63) is 78.4 Å². The molecule has 0 saturated carbocycles. The number of rotatable bonds is 9. The highest BCUT2D eigenvalue weighted by atomic mass is 16.5. The predicted octanol–water partition coefficient (Wildman–Crippen LogP) is 6.05. The number of piperidine rings is 1. The maximum absolute atomic E-state index is 12.2. The van der Waals surface area contributed by atoms with E-state index in [9.17, 15) is 4.79 Å². The molecule has 0 radical (unpaired) electrons. The zero-order valence-corrected chi connectivity index (χ0v) is 23.3. The minimum absolute atomic E-state index is 0.319. The highest BCUT2D eigenvalue weighted by Crippen LogP contribution is 2.21. The number of benzene rings is 1. The van der Waals surface area contributed by atoms with Crippen LogP contribution in [0, 0.1) is 6.92 Å². The number of amides is 1. The third-order valence-electron chi connectivity index (χ3n) is 7.28. The van der Waals surface area contributed by atoms with Crippen LogP contribution in [0.2, 0.25) is 0 Å². The lowest BCUT2D eigenvalue weighted by Gasteiger charge is -2.26. The Morgan fingerprint density at radius 2 is 1.72 bits per heavy atom. The Morgan fingerprint density at radius 3 is 2.44 bits per heavy atom. The molecule has 5 rings (SSSR count). The second-order valence-corrected chi connectivity index (χ2v) is 10.1. The van der Waals surface area contributed by atoms with Crippen LogP contribution in [0.15, 0.2) is 67.1 Å². The van der Waals surface area contributed by atoms with Gasteiger partial charge in [-0.2, -0.15) is 0 Å². The Labute approximate surface area is 232 Å². The molecule has 3 aromatic heterocycles. The number of hydrogen-bond acceptors (Lipinski definition) is 5. The minimum Gasteiger partial charge on any atom is -0.385 e. The van der Waals surface area contributed by atoms with Gasteiger partial charge in [0.1, 0.15) is 5.82 Å². The van der Waals surface area contributed by atoms with Gasteiger partial charge in [0.15, 0.2) is 0 Å². The molecule has 7 nitrogen and oxygen atoms in total. The van der Waals surface area contributed by atoms with Gasteiger partial charge in [-0.1, -0.05) is 24.3 Å². The minimum atomic E-state index is 0.319. The molecule has 39 heavy (non-hydrogen) atoms. The van der Waals surface area contributed by atoms with Crippen molar-refractivity contribution in [2.75, 3.05) is 32.5 Å². The quantitative estimate of drug-likeness (QED) is 0.268. The molecule has 1 aliphatic heterocycles. The van der Waals surface area contributed by atoms with Crippen LogP contribution in [0.1, 0.15) is 49.8 Å². The smallest absolute Gasteiger partial charge is 0.222 e. The van der Waals surface area contributed by atoms with Gasteiger partial charge < -0.3 is 19.9 Å². The highest BCUT2D eigenvalue weighted by molar-refractivity contribution is 5.82. The standard InChI is InChI=1S/C20H25N3O.C12H16N2O/c21-19-12-11-18(15-22-19)17-9-7-16(8-10-17)5-4-6-20(24)23-13-2-1-3-14-23;1-10-11-5-8-14(7-3-9-15-2)12(11)4-6-13-10/h7-12,15H,1-6,13-14H2,(H2,21,22);4-6,8H,3,7,9H2,1-2H3. The first-order valence-corrected chi connectivity index (χ1v) is 14.0. The van der Waals surface area contributed by atoms with Crippen molar-refractivity contribution in [1.29, 1.82) is 0 Å². The zero-order valence-electron chi connectivity index (χ0n) is 23.3. The number of carbonyl (C=O) groups is 1. The summed E-state index contributed by atoms with van der Waals surface area (Å²) in [5, 5.41) is 1.25. The average Bonchev–Trinajstić information content (AvgIpc) is 3.39. The first-order chi connectivity index (χ1) is 19.0. The number of ether oxygens (including phenoxy) is 1. The van der Waals surface area contributed by atoms with Crippen LogP contribution in [-0.4, -0.2) is 52.1 Å². The fourth-order valence-electron chi connectivity index (χ4n) is 5.02. The van der Waals surface area contributed by atoms with Crippen LogP contribution < -0.4 is 5.73 Å². The molecule has 1 aromatic carbocycles. The number of anilines is 1. The van der Waals surface area contributed by atoms with E-state index in [0.717, 1.165) is 75.2 Å². The van der Waals surface area contributed by atoms with Gasteiger partial charge in [-0.05, 0) is 80.8 Å². The molecule has 4 heterocycles. The number of fused-ring (bicyclic) bond motifs is 1. The average molecular weight is 528 g/mol. The summed E-state index contributed by atoms with van der Waals surface area (Å²) in [4.78, 5) is 22.6. The number of likely N-dealkylation sites (tertiary alicyclic amines) is 1. The largest absolute Gasteiger partial charge is 0.385 e. The molecule has 1 saturated heterocycles. The number of methoxy groups -OCH3 is 1. The molecule has 7 heteroatoms. The summed E-state index contributed by atoms with van der Waals surface area (Å²) < 4.78 is 7.30. The van der Waals surface area contributed by atoms with Crippen molar-refractivity contribution in [3.63, 3.8) is 0 Å². The maximum Gasteiger partial charge on any atom is 0.222 e. The number of pyridine rings is 2. The van der Waals surface area contributed by atoms with Crippen LogP contribution in [0.25, 0.3) is 22.0 Å². The Balaban J connectivity index is 0.000000202. The zero-order chi connectivity index (χ0) is 27.5. The van der Waals surface area contributed by atoms with Crippen molar-refractivity contribution in [3.8, 4) is 11.1 Å². The molecule has 1 amide bonds. The van der Waals surface area contributed by atoms with Gasteiger partial charge in [0.05, 0.1) is 5.52 Å². The van der Waals surface area contributed by atoms with E-state index in [1.807, 2.05) is 30.2 Å². The number of nitrogen functional groups attached to an aromatic ring is 1. The molecule has 0 unspecified atom stereocenters. The van der Waals surface area contributed by atoms with E-state index in [1.165, 1.54) is 22.9 Å². The predicted molar refractivity (Wildman–Crippen MR) is 158 cm³/mol. The fourth-order valence-corrected chi connectivity index (χ4v) is 5.02. The number of aryl methyl sites for hydroxylation is 3. The van der Waals surface area contributed by atoms with Crippen LogP contribution in [0.5, 0.6) is 0 Å². The third kappa shape index (κ3) is 8.14. The summed E-state index contributed by atoms with van der Waals surface area (Å²) in [7, 11) is 1.74. The van der Waals surface area contributed by atoms with Gasteiger partial charge in [-0.3, -0.25) is 9.78 Å². The molecule has 2 N–H and O–H groups in total. The molecular formula is C32H41N5O2. The van der Waals surface area contributed by atoms with Gasteiger partial charge in [0.25, 0.3) is 0 Å². The SMILES string of the molecule is COCCCn1ccc2c(C)nccc21.Nc1ccc(-c2ccc(CCCC(=O)N3CCCCC3)cc2)cn1. The van der Waals surface area contributed by atoms with Gasteiger partial charge in [0.2, 0.25) is 5.91 Å². The van der Waals surface area contributed by atoms with Crippen LogP contribution in [0.3, 0.4) is 0 Å². The number of hydrogen-bond donors (Lipinski definition) is 1. The normalized spacial score (nSPS) is 13.2. The second kappa shape index (κ2) is 14.4. The van der Waals surface area contributed by atoms with Crippen molar-refractivity contribution in [2.24, 2.45) is 0 Å². The summed E-state index contributed by atoms with van der Waals surface area (Å²) in [5.74, 6) is 0.855. The number of aromatic nitrogens is 3. The van der Waals surface area contributed by atoms with E-state index in [0.29, 0.717) is 18.1 Å². The summed E-state index contributed by atoms with van der Waals surface area (Å²) in [6.45, 7) is 5.75. The topological polar surface area (TPSA) is 86.3 Å². The molecule has 1 aliphatic rings. The summed E-state index contributed by atoms with van der Waals surface area (Å²) in [5.41, 5.74) is 11.5. The molecule has 0 atom stereocenters. The summed E-state index contributed by atoms with van der Waals surface area (Å²) >= 11 is 0. The van der Waals surface area contributed by atoms with E-state index in [-0.39, 0.29) is 0 Å². The summed E-state index contributed by atoms with van der Waals surface area (Å²) in [6, 6.07) is 16.5. The van der Waals surface area contributed by atoms with E-state index < -0.39 is 0 Å². The van der Waals surface area contributed by atoms with Gasteiger partial charge in [0, 0.05) is 75.0 Å². The maximum atomic E-state index is 12.2. The number of nitrogens with two attached hydrogens (primary N) is 1. The number of carbonyl (C=O) groups excluding carboxylic acids is 1. The Kier molecular flexibility index (Phi) is 10.5. The van der Waals surface area contributed by atoms with E-state index in [2.05, 4.69) is 57.1 Å². The monoisotopic (exact) mass is 527 g/mol. The first kappa shape index (κ1) is 28.3. The van der Waals surface area contributed by atoms with Gasteiger partial charge in [-0.15, -0.1) is 0 Å². The van der Waals surface area contributed by atoms with E-state index in [4.69, 9.17) is 10.5 Å². The van der Waals surface area contributed by atoms with Crippen LogP contribution >= 0.6 is 0 Å². The van der Waals surface area contributed by atoms with Crippen LogP contribution in [0.4, 0.5) is 5.82 Å². The van der Waals surface area contributed by atoms with Crippen molar-refractivity contribution < 1.29 is 9.53 Å². The van der Waals surface area contributed by atoms with Crippen molar-refractivity contribution >= 4 is 22.6 Å².